The Bertz CT molecular complexity index is 448. The highest BCUT2D eigenvalue weighted by molar-refractivity contribution is 9.10. The number of halogens is 1. The van der Waals surface area contributed by atoms with Crippen molar-refractivity contribution in [2.75, 3.05) is 13.6 Å². The Balaban J connectivity index is 2.83. The van der Waals surface area contributed by atoms with Crippen molar-refractivity contribution in [1.82, 2.24) is 10.0 Å². The summed E-state index contributed by atoms with van der Waals surface area (Å²) in [6.45, 7) is 2.27. The monoisotopic (exact) mass is 306 g/mol. The molecule has 90 valence electrons. The van der Waals surface area contributed by atoms with Crippen LogP contribution in [0, 0.1) is 0 Å². The van der Waals surface area contributed by atoms with E-state index in [0.717, 1.165) is 0 Å². The first-order valence-corrected chi connectivity index (χ1v) is 7.16. The molecule has 0 aliphatic carbocycles. The van der Waals surface area contributed by atoms with Gasteiger partial charge in [0.15, 0.2) is 0 Å². The Morgan fingerprint density at radius 3 is 2.56 bits per heavy atom. The average Bonchev–Trinajstić information content (AvgIpc) is 2.26. The zero-order valence-electron chi connectivity index (χ0n) is 9.20. The van der Waals surface area contributed by atoms with Gasteiger partial charge in [0.05, 0.1) is 4.90 Å². The summed E-state index contributed by atoms with van der Waals surface area (Å²) in [6, 6.07) is 6.84. The van der Waals surface area contributed by atoms with E-state index in [1.807, 2.05) is 6.92 Å². The second-order valence-corrected chi connectivity index (χ2v) is 6.06. The maximum absolute atomic E-state index is 11.9. The third-order valence-corrected chi connectivity index (χ3v) is 4.63. The molecule has 6 heteroatoms. The van der Waals surface area contributed by atoms with Gasteiger partial charge in [0, 0.05) is 17.1 Å². The van der Waals surface area contributed by atoms with Crippen molar-refractivity contribution in [1.29, 1.82) is 0 Å². The number of hydrogen-bond acceptors (Lipinski definition) is 3. The second-order valence-electron chi connectivity index (χ2n) is 3.47. The molecule has 4 nitrogen and oxygen atoms in total. The molecule has 1 aromatic rings. The van der Waals surface area contributed by atoms with Crippen LogP contribution < -0.4 is 10.0 Å². The van der Waals surface area contributed by atoms with Crippen LogP contribution in [0.4, 0.5) is 0 Å². The van der Waals surface area contributed by atoms with E-state index in [4.69, 9.17) is 0 Å². The first-order valence-electron chi connectivity index (χ1n) is 4.89. The molecule has 0 fully saturated rings. The van der Waals surface area contributed by atoms with Crippen LogP contribution in [0.1, 0.15) is 6.92 Å². The molecular formula is C10H15BrN2O2S. The minimum absolute atomic E-state index is 0.0947. The maximum atomic E-state index is 11.9. The molecule has 0 aliphatic heterocycles. The van der Waals surface area contributed by atoms with Gasteiger partial charge in [-0.15, -0.1) is 0 Å². The van der Waals surface area contributed by atoms with Gasteiger partial charge in [0.2, 0.25) is 10.0 Å². The van der Waals surface area contributed by atoms with Crippen molar-refractivity contribution >= 4 is 26.0 Å². The Kier molecular flexibility index (Phi) is 4.91. The molecule has 1 rings (SSSR count). The normalized spacial score (nSPS) is 13.7. The van der Waals surface area contributed by atoms with E-state index in [0.29, 0.717) is 11.0 Å². The van der Waals surface area contributed by atoms with E-state index in [1.54, 1.807) is 31.3 Å². The number of likely N-dealkylation sites (N-methyl/N-ethyl adjacent to an activating group) is 1. The summed E-state index contributed by atoms with van der Waals surface area (Å²) < 4.78 is 26.9. The summed E-state index contributed by atoms with van der Waals surface area (Å²) in [5.74, 6) is 0. The highest BCUT2D eigenvalue weighted by atomic mass is 79.9. The van der Waals surface area contributed by atoms with Crippen LogP contribution in [0.15, 0.2) is 33.6 Å². The van der Waals surface area contributed by atoms with Crippen molar-refractivity contribution in [3.8, 4) is 0 Å². The van der Waals surface area contributed by atoms with Gasteiger partial charge in [-0.05, 0) is 42.0 Å². The second kappa shape index (κ2) is 5.77. The largest absolute Gasteiger partial charge is 0.316 e. The van der Waals surface area contributed by atoms with Crippen molar-refractivity contribution in [2.45, 2.75) is 17.9 Å². The van der Waals surface area contributed by atoms with Gasteiger partial charge in [-0.2, -0.15) is 0 Å². The van der Waals surface area contributed by atoms with Crippen molar-refractivity contribution in [3.63, 3.8) is 0 Å². The summed E-state index contributed by atoms with van der Waals surface area (Å²) in [4.78, 5) is 0.262. The first-order chi connectivity index (χ1) is 7.47. The Morgan fingerprint density at radius 2 is 2.00 bits per heavy atom. The lowest BCUT2D eigenvalue weighted by molar-refractivity contribution is 0.554. The van der Waals surface area contributed by atoms with Crippen molar-refractivity contribution < 1.29 is 8.42 Å². The molecule has 0 radical (unpaired) electrons. The molecule has 1 unspecified atom stereocenters. The van der Waals surface area contributed by atoms with Crippen LogP contribution in [0.3, 0.4) is 0 Å². The van der Waals surface area contributed by atoms with Gasteiger partial charge in [0.25, 0.3) is 0 Å². The van der Waals surface area contributed by atoms with E-state index in [-0.39, 0.29) is 10.9 Å². The molecule has 1 atom stereocenters. The van der Waals surface area contributed by atoms with E-state index in [2.05, 4.69) is 26.0 Å². The molecule has 0 heterocycles. The van der Waals surface area contributed by atoms with E-state index < -0.39 is 10.0 Å². The molecule has 0 spiro atoms. The lowest BCUT2D eigenvalue weighted by Gasteiger charge is -2.12. The van der Waals surface area contributed by atoms with Gasteiger partial charge >= 0.3 is 0 Å². The summed E-state index contributed by atoms with van der Waals surface area (Å²) in [5.41, 5.74) is 0. The molecule has 0 aromatic heterocycles. The van der Waals surface area contributed by atoms with Crippen LogP contribution in [0.2, 0.25) is 0 Å². The van der Waals surface area contributed by atoms with E-state index in [9.17, 15) is 8.42 Å². The Labute approximate surface area is 105 Å². The smallest absolute Gasteiger partial charge is 0.241 e. The van der Waals surface area contributed by atoms with E-state index in [1.165, 1.54) is 0 Å². The summed E-state index contributed by atoms with van der Waals surface area (Å²) in [7, 11) is -1.64. The van der Waals surface area contributed by atoms with Crippen LogP contribution in [-0.2, 0) is 10.0 Å². The minimum atomic E-state index is -3.43. The van der Waals surface area contributed by atoms with Crippen molar-refractivity contribution in [2.24, 2.45) is 0 Å². The topological polar surface area (TPSA) is 58.2 Å². The summed E-state index contributed by atoms with van der Waals surface area (Å²) >= 11 is 3.22. The maximum Gasteiger partial charge on any atom is 0.241 e. The highest BCUT2D eigenvalue weighted by Gasteiger charge is 2.17. The first kappa shape index (κ1) is 13.6. The minimum Gasteiger partial charge on any atom is -0.316 e. The van der Waals surface area contributed by atoms with Gasteiger partial charge < -0.3 is 5.32 Å². The predicted molar refractivity (Wildman–Crippen MR) is 67.9 cm³/mol. The Morgan fingerprint density at radius 1 is 1.38 bits per heavy atom. The van der Waals surface area contributed by atoms with Crippen LogP contribution in [0.25, 0.3) is 0 Å². The molecule has 0 aliphatic rings. The zero-order valence-corrected chi connectivity index (χ0v) is 11.6. The quantitative estimate of drug-likeness (QED) is 0.863. The highest BCUT2D eigenvalue weighted by Crippen LogP contribution is 2.20. The molecule has 16 heavy (non-hydrogen) atoms. The van der Waals surface area contributed by atoms with Gasteiger partial charge in [0.1, 0.15) is 0 Å². The molecule has 0 bridgehead atoms. The number of nitrogens with one attached hydrogen (secondary N) is 2. The van der Waals surface area contributed by atoms with Gasteiger partial charge in [-0.25, -0.2) is 13.1 Å². The standard InChI is InChI=1S/C10H15BrN2O2S/c1-8(12-2)7-13-16(14,15)10-6-4-3-5-9(10)11/h3-6,8,12-13H,7H2,1-2H3. The van der Waals surface area contributed by atoms with E-state index >= 15 is 0 Å². The van der Waals surface area contributed by atoms with Crippen LogP contribution in [-0.4, -0.2) is 28.1 Å². The van der Waals surface area contributed by atoms with Crippen molar-refractivity contribution in [3.05, 3.63) is 28.7 Å². The Hall–Kier alpha value is -0.430. The number of hydrogen-bond donors (Lipinski definition) is 2. The summed E-state index contributed by atoms with van der Waals surface area (Å²) in [5, 5.41) is 2.96. The fraction of sp³-hybridized carbons (Fsp3) is 0.400. The predicted octanol–water partition coefficient (Wildman–Crippen LogP) is 1.34. The lowest BCUT2D eigenvalue weighted by atomic mass is 10.4. The van der Waals surface area contributed by atoms with Crippen LogP contribution >= 0.6 is 15.9 Å². The van der Waals surface area contributed by atoms with Gasteiger partial charge in [-0.1, -0.05) is 12.1 Å². The molecule has 0 saturated carbocycles. The number of benzene rings is 1. The molecule has 0 amide bonds. The lowest BCUT2D eigenvalue weighted by Crippen LogP contribution is -2.37. The molecule has 1 aromatic carbocycles. The molecule has 0 saturated heterocycles. The number of sulfonamides is 1. The number of rotatable bonds is 5. The fourth-order valence-corrected chi connectivity index (χ4v) is 3.21. The van der Waals surface area contributed by atoms with Crippen LogP contribution in [0.5, 0.6) is 0 Å². The summed E-state index contributed by atoms with van der Waals surface area (Å²) in [6.07, 6.45) is 0. The molecular weight excluding hydrogens is 292 g/mol. The third kappa shape index (κ3) is 3.55. The zero-order chi connectivity index (χ0) is 12.2. The molecule has 2 N–H and O–H groups in total. The average molecular weight is 307 g/mol. The third-order valence-electron chi connectivity index (χ3n) is 2.20. The van der Waals surface area contributed by atoms with Gasteiger partial charge in [-0.3, -0.25) is 0 Å². The SMILES string of the molecule is CNC(C)CNS(=O)(=O)c1ccccc1Br. The fourth-order valence-electron chi connectivity index (χ4n) is 1.08.